The second kappa shape index (κ2) is 11.4. The van der Waals surface area contributed by atoms with E-state index in [9.17, 15) is 0 Å². The fourth-order valence-corrected chi connectivity index (χ4v) is 3.02. The van der Waals surface area contributed by atoms with Gasteiger partial charge in [-0.1, -0.05) is 12.0 Å². The molecule has 0 atom stereocenters. The highest BCUT2D eigenvalue weighted by Gasteiger charge is 2.14. The van der Waals surface area contributed by atoms with E-state index in [-0.39, 0.29) is 5.28 Å². The van der Waals surface area contributed by atoms with Gasteiger partial charge in [-0.25, -0.2) is 4.98 Å². The molecular weight excluding hydrogens is 418 g/mol. The molecule has 0 radical (unpaired) electrons. The van der Waals surface area contributed by atoms with Crippen molar-refractivity contribution < 1.29 is 18.9 Å². The first kappa shape index (κ1) is 22.6. The average molecular weight is 442 g/mol. The molecule has 31 heavy (non-hydrogen) atoms. The predicted octanol–water partition coefficient (Wildman–Crippen LogP) is 4.45. The number of hydrogen-bond acceptors (Lipinski definition) is 7. The Hall–Kier alpha value is -3.05. The summed E-state index contributed by atoms with van der Waals surface area (Å²) in [6.07, 6.45) is 5.51. The van der Waals surface area contributed by atoms with Crippen molar-refractivity contribution in [1.29, 1.82) is 0 Å². The third-order valence-corrected chi connectivity index (χ3v) is 4.43. The van der Waals surface area contributed by atoms with E-state index in [1.807, 2.05) is 37.3 Å². The Morgan fingerprint density at radius 1 is 1.03 bits per heavy atom. The highest BCUT2D eigenvalue weighted by molar-refractivity contribution is 6.28. The predicted molar refractivity (Wildman–Crippen MR) is 122 cm³/mol. The Morgan fingerprint density at radius 2 is 1.81 bits per heavy atom. The van der Waals surface area contributed by atoms with Crippen LogP contribution in [0.1, 0.15) is 12.5 Å². The fraction of sp³-hybridized carbons (Fsp3) is 0.304. The maximum Gasteiger partial charge on any atom is 0.224 e. The van der Waals surface area contributed by atoms with Crippen LogP contribution in [0.15, 0.2) is 36.4 Å². The summed E-state index contributed by atoms with van der Waals surface area (Å²) in [7, 11) is 1.61. The summed E-state index contributed by atoms with van der Waals surface area (Å²) in [5.41, 5.74) is 2.15. The van der Waals surface area contributed by atoms with Crippen LogP contribution in [0.5, 0.6) is 11.5 Å². The van der Waals surface area contributed by atoms with Crippen LogP contribution in [0.4, 0.5) is 11.5 Å². The van der Waals surface area contributed by atoms with Crippen LogP contribution >= 0.6 is 11.6 Å². The van der Waals surface area contributed by atoms with E-state index in [4.69, 9.17) is 37.0 Å². The van der Waals surface area contributed by atoms with Crippen LogP contribution in [0.25, 0.3) is 10.9 Å². The summed E-state index contributed by atoms with van der Waals surface area (Å²) in [6.45, 7) is 4.21. The second-order valence-electron chi connectivity index (χ2n) is 6.39. The van der Waals surface area contributed by atoms with Gasteiger partial charge in [-0.15, -0.1) is 6.42 Å². The molecule has 3 rings (SSSR count). The summed E-state index contributed by atoms with van der Waals surface area (Å²) in [6, 6.07) is 11.1. The zero-order chi connectivity index (χ0) is 22.1. The largest absolute Gasteiger partial charge is 0.487 e. The van der Waals surface area contributed by atoms with Crippen molar-refractivity contribution in [2.45, 2.75) is 6.92 Å². The molecule has 3 aromatic rings. The Morgan fingerprint density at radius 3 is 2.55 bits per heavy atom. The van der Waals surface area contributed by atoms with Gasteiger partial charge in [-0.05, 0) is 42.8 Å². The Kier molecular flexibility index (Phi) is 8.30. The minimum atomic E-state index is 0.107. The maximum absolute atomic E-state index is 6.18. The number of hydrogen-bond donors (Lipinski definition) is 1. The molecule has 162 valence electrons. The Labute approximate surface area is 186 Å². The third kappa shape index (κ3) is 6.22. The lowest BCUT2D eigenvalue weighted by Gasteiger charge is -2.16. The standard InChI is InChI=1S/C23H24ClN3O4/c1-4-16-7-6-8-17(13-16)25-22-18-14-20(31-12-10-29-5-2)21(30-11-9-28-3)15-19(18)26-23(24)27-22/h1,6-8,13-15H,5,9-12H2,2-3H3,(H,25,26,27). The minimum Gasteiger partial charge on any atom is -0.487 e. The van der Waals surface area contributed by atoms with Crippen LogP contribution in [-0.4, -0.2) is 50.1 Å². The van der Waals surface area contributed by atoms with Crippen molar-refractivity contribution in [1.82, 2.24) is 9.97 Å². The number of benzene rings is 2. The summed E-state index contributed by atoms with van der Waals surface area (Å²) in [5, 5.41) is 4.10. The fourth-order valence-electron chi connectivity index (χ4n) is 2.84. The maximum atomic E-state index is 6.18. The topological polar surface area (TPSA) is 74.7 Å². The van der Waals surface area contributed by atoms with E-state index < -0.39 is 0 Å². The third-order valence-electron chi connectivity index (χ3n) is 4.26. The normalized spacial score (nSPS) is 10.6. The summed E-state index contributed by atoms with van der Waals surface area (Å²) in [4.78, 5) is 8.70. The van der Waals surface area contributed by atoms with E-state index in [1.54, 1.807) is 13.2 Å². The number of nitrogens with zero attached hydrogens (tertiary/aromatic N) is 2. The molecule has 1 N–H and O–H groups in total. The van der Waals surface area contributed by atoms with E-state index in [1.165, 1.54) is 0 Å². The van der Waals surface area contributed by atoms with E-state index in [2.05, 4.69) is 21.2 Å². The van der Waals surface area contributed by atoms with Gasteiger partial charge in [0.15, 0.2) is 11.5 Å². The molecule has 0 fully saturated rings. The number of aromatic nitrogens is 2. The van der Waals surface area contributed by atoms with Gasteiger partial charge in [0.25, 0.3) is 0 Å². The number of ether oxygens (including phenoxy) is 4. The van der Waals surface area contributed by atoms with Crippen molar-refractivity contribution in [3.05, 3.63) is 47.2 Å². The smallest absolute Gasteiger partial charge is 0.224 e. The van der Waals surface area contributed by atoms with Gasteiger partial charge in [-0.3, -0.25) is 0 Å². The van der Waals surface area contributed by atoms with Crippen LogP contribution in [-0.2, 0) is 9.47 Å². The van der Waals surface area contributed by atoms with Gasteiger partial charge in [0.05, 0.1) is 18.7 Å². The molecule has 0 aliphatic carbocycles. The SMILES string of the molecule is C#Cc1cccc(Nc2nc(Cl)nc3cc(OCCOC)c(OCCOCC)cc23)c1. The first-order valence-corrected chi connectivity index (χ1v) is 10.2. The number of rotatable bonds is 11. The Bertz CT molecular complexity index is 1070. The molecule has 0 saturated carbocycles. The molecule has 0 amide bonds. The van der Waals surface area contributed by atoms with Crippen molar-refractivity contribution in [3.8, 4) is 23.8 Å². The van der Waals surface area contributed by atoms with Gasteiger partial charge < -0.3 is 24.3 Å². The average Bonchev–Trinajstić information content (AvgIpc) is 2.77. The first-order chi connectivity index (χ1) is 15.1. The van der Waals surface area contributed by atoms with E-state index in [0.717, 1.165) is 16.6 Å². The monoisotopic (exact) mass is 441 g/mol. The summed E-state index contributed by atoms with van der Waals surface area (Å²) in [5.74, 6) is 4.24. The van der Waals surface area contributed by atoms with Crippen molar-refractivity contribution in [3.63, 3.8) is 0 Å². The van der Waals surface area contributed by atoms with Gasteiger partial charge in [0, 0.05) is 36.4 Å². The molecule has 1 aromatic heterocycles. The molecular formula is C23H24ClN3O4. The molecule has 0 bridgehead atoms. The zero-order valence-corrected chi connectivity index (χ0v) is 18.2. The van der Waals surface area contributed by atoms with Crippen LogP contribution in [0.3, 0.4) is 0 Å². The molecule has 8 heteroatoms. The molecule has 7 nitrogen and oxygen atoms in total. The first-order valence-electron chi connectivity index (χ1n) is 9.82. The lowest BCUT2D eigenvalue weighted by molar-refractivity contribution is 0.106. The van der Waals surface area contributed by atoms with Gasteiger partial charge in [-0.2, -0.15) is 4.98 Å². The molecule has 2 aromatic carbocycles. The number of fused-ring (bicyclic) bond motifs is 1. The lowest BCUT2D eigenvalue weighted by atomic mass is 10.2. The van der Waals surface area contributed by atoms with E-state index >= 15 is 0 Å². The molecule has 0 unspecified atom stereocenters. The number of methoxy groups -OCH3 is 1. The molecule has 0 aliphatic rings. The van der Waals surface area contributed by atoms with Crippen LogP contribution in [0, 0.1) is 12.3 Å². The number of halogens is 1. The van der Waals surface area contributed by atoms with Crippen molar-refractivity contribution in [2.24, 2.45) is 0 Å². The quantitative estimate of drug-likeness (QED) is 0.267. The molecule has 0 saturated heterocycles. The number of nitrogens with one attached hydrogen (secondary N) is 1. The number of anilines is 2. The molecule has 0 aliphatic heterocycles. The highest BCUT2D eigenvalue weighted by Crippen LogP contribution is 2.36. The van der Waals surface area contributed by atoms with E-state index in [0.29, 0.717) is 55.9 Å². The molecule has 1 heterocycles. The minimum absolute atomic E-state index is 0.107. The second-order valence-corrected chi connectivity index (χ2v) is 6.73. The van der Waals surface area contributed by atoms with Crippen LogP contribution in [0.2, 0.25) is 5.28 Å². The van der Waals surface area contributed by atoms with Gasteiger partial charge >= 0.3 is 0 Å². The van der Waals surface area contributed by atoms with Gasteiger partial charge in [0.2, 0.25) is 5.28 Å². The van der Waals surface area contributed by atoms with Crippen LogP contribution < -0.4 is 14.8 Å². The van der Waals surface area contributed by atoms with Crippen molar-refractivity contribution in [2.75, 3.05) is 45.5 Å². The Balaban J connectivity index is 1.98. The highest BCUT2D eigenvalue weighted by atomic mass is 35.5. The van der Waals surface area contributed by atoms with Crippen molar-refractivity contribution >= 4 is 34.0 Å². The zero-order valence-electron chi connectivity index (χ0n) is 17.5. The lowest BCUT2D eigenvalue weighted by Crippen LogP contribution is -2.10. The molecule has 0 spiro atoms. The van der Waals surface area contributed by atoms with Gasteiger partial charge in [0.1, 0.15) is 19.0 Å². The summed E-state index contributed by atoms with van der Waals surface area (Å²) >= 11 is 6.18. The number of terminal acetylenes is 1. The summed E-state index contributed by atoms with van der Waals surface area (Å²) < 4.78 is 22.2.